The van der Waals surface area contributed by atoms with Gasteiger partial charge in [0, 0.05) is 54.6 Å². The number of fused-ring (bicyclic) bond motifs is 4. The molecule has 5 rings (SSSR count). The maximum Gasteiger partial charge on any atom is 0.202 e. The normalized spacial score (nSPS) is 17.3. The molecule has 2 aliphatic rings. The Balaban J connectivity index is 1.46. The van der Waals surface area contributed by atoms with E-state index in [0.717, 1.165) is 65.9 Å². The van der Waals surface area contributed by atoms with Crippen LogP contribution < -0.4 is 14.8 Å². The van der Waals surface area contributed by atoms with Crippen LogP contribution in [0.25, 0.3) is 10.9 Å². The first-order chi connectivity index (χ1) is 14.0. The first kappa shape index (κ1) is 18.3. The third-order valence-electron chi connectivity index (χ3n) is 5.82. The van der Waals surface area contributed by atoms with Crippen LogP contribution in [-0.4, -0.2) is 35.6 Å². The third kappa shape index (κ3) is 3.19. The van der Waals surface area contributed by atoms with Crippen LogP contribution in [0.2, 0.25) is 0 Å². The highest BCUT2D eigenvalue weighted by Crippen LogP contribution is 2.41. The van der Waals surface area contributed by atoms with Gasteiger partial charge in [0.05, 0.1) is 5.56 Å². The fourth-order valence-corrected chi connectivity index (χ4v) is 4.62. The Hall–Kier alpha value is -2.79. The second-order valence-corrected chi connectivity index (χ2v) is 8.49. The Bertz CT molecular complexity index is 1100. The number of para-hydroxylation sites is 2. The molecule has 0 spiro atoms. The molecule has 150 valence electrons. The molecule has 2 aromatic carbocycles. The molecule has 0 saturated heterocycles. The van der Waals surface area contributed by atoms with Gasteiger partial charge >= 0.3 is 0 Å². The van der Waals surface area contributed by atoms with Crippen LogP contribution in [0.5, 0.6) is 11.5 Å². The number of ketones is 1. The third-order valence-corrected chi connectivity index (χ3v) is 5.82. The standard InChI is InChI=1S/C24H26N2O3/c1-24(2)14-16-6-5-9-21(23(16)29-24)28-15-20(27)22-17-7-3-4-8-18(17)26-13-12-25-11-10-19(22)26/h3-9,25H,10-15H2,1-2H3. The molecule has 0 aliphatic carbocycles. The van der Waals surface area contributed by atoms with Gasteiger partial charge in [-0.05, 0) is 26.0 Å². The molecule has 0 amide bonds. The second kappa shape index (κ2) is 6.92. The summed E-state index contributed by atoms with van der Waals surface area (Å²) in [5.41, 5.74) is 3.93. The van der Waals surface area contributed by atoms with Gasteiger partial charge < -0.3 is 19.4 Å². The highest BCUT2D eigenvalue weighted by molar-refractivity contribution is 6.10. The number of rotatable bonds is 4. The summed E-state index contributed by atoms with van der Waals surface area (Å²) >= 11 is 0. The van der Waals surface area contributed by atoms with Crippen LogP contribution >= 0.6 is 0 Å². The molecule has 0 unspecified atom stereocenters. The van der Waals surface area contributed by atoms with E-state index >= 15 is 0 Å². The fraction of sp³-hybridized carbons (Fsp3) is 0.375. The lowest BCUT2D eigenvalue weighted by molar-refractivity contribution is 0.0912. The molecular formula is C24H26N2O3. The maximum atomic E-state index is 13.3. The van der Waals surface area contributed by atoms with E-state index in [4.69, 9.17) is 9.47 Å². The van der Waals surface area contributed by atoms with Gasteiger partial charge in [-0.2, -0.15) is 0 Å². The number of carbonyl (C=O) groups excluding carboxylic acids is 1. The highest BCUT2D eigenvalue weighted by Gasteiger charge is 2.32. The van der Waals surface area contributed by atoms with Gasteiger partial charge in [-0.15, -0.1) is 0 Å². The topological polar surface area (TPSA) is 52.5 Å². The molecule has 29 heavy (non-hydrogen) atoms. The molecule has 0 radical (unpaired) electrons. The Kier molecular flexibility index (Phi) is 4.36. The summed E-state index contributed by atoms with van der Waals surface area (Å²) < 4.78 is 14.4. The van der Waals surface area contributed by atoms with Crippen molar-refractivity contribution < 1.29 is 14.3 Å². The van der Waals surface area contributed by atoms with Gasteiger partial charge in [0.2, 0.25) is 5.78 Å². The van der Waals surface area contributed by atoms with E-state index in [2.05, 4.69) is 35.9 Å². The van der Waals surface area contributed by atoms with E-state index in [1.807, 2.05) is 30.3 Å². The fourth-order valence-electron chi connectivity index (χ4n) is 4.62. The molecule has 5 heteroatoms. The predicted octanol–water partition coefficient (Wildman–Crippen LogP) is 3.76. The van der Waals surface area contributed by atoms with Crippen molar-refractivity contribution in [2.24, 2.45) is 0 Å². The number of hydrogen-bond acceptors (Lipinski definition) is 4. The molecule has 0 fully saturated rings. The number of carbonyl (C=O) groups is 1. The average Bonchev–Trinajstić information content (AvgIpc) is 3.07. The molecule has 0 atom stereocenters. The van der Waals surface area contributed by atoms with Gasteiger partial charge in [0.25, 0.3) is 0 Å². The van der Waals surface area contributed by atoms with E-state index in [1.165, 1.54) is 0 Å². The smallest absolute Gasteiger partial charge is 0.202 e. The van der Waals surface area contributed by atoms with Crippen molar-refractivity contribution >= 4 is 16.7 Å². The van der Waals surface area contributed by atoms with Crippen molar-refractivity contribution in [2.75, 3.05) is 19.7 Å². The van der Waals surface area contributed by atoms with E-state index in [-0.39, 0.29) is 18.0 Å². The molecule has 0 bridgehead atoms. The first-order valence-electron chi connectivity index (χ1n) is 10.3. The highest BCUT2D eigenvalue weighted by atomic mass is 16.5. The molecule has 1 N–H and O–H groups in total. The van der Waals surface area contributed by atoms with Gasteiger partial charge in [-0.1, -0.05) is 30.3 Å². The Morgan fingerprint density at radius 2 is 2.03 bits per heavy atom. The van der Waals surface area contributed by atoms with Crippen molar-refractivity contribution in [1.82, 2.24) is 9.88 Å². The van der Waals surface area contributed by atoms with Crippen LogP contribution in [0.3, 0.4) is 0 Å². The van der Waals surface area contributed by atoms with Crippen molar-refractivity contribution in [3.8, 4) is 11.5 Å². The lowest BCUT2D eigenvalue weighted by Gasteiger charge is -2.18. The monoisotopic (exact) mass is 390 g/mol. The summed E-state index contributed by atoms with van der Waals surface area (Å²) in [6.07, 6.45) is 1.69. The number of benzene rings is 2. The van der Waals surface area contributed by atoms with E-state index in [1.54, 1.807) is 0 Å². The van der Waals surface area contributed by atoms with Gasteiger partial charge in [0.1, 0.15) is 5.60 Å². The number of aromatic nitrogens is 1. The van der Waals surface area contributed by atoms with Crippen LogP contribution in [0, 0.1) is 0 Å². The molecule has 3 heterocycles. The average molecular weight is 390 g/mol. The molecule has 1 aromatic heterocycles. The molecule has 0 saturated carbocycles. The minimum Gasteiger partial charge on any atom is -0.483 e. The van der Waals surface area contributed by atoms with Crippen LogP contribution in [-0.2, 0) is 19.4 Å². The summed E-state index contributed by atoms with van der Waals surface area (Å²) in [4.78, 5) is 13.3. The quantitative estimate of drug-likeness (QED) is 0.689. The van der Waals surface area contributed by atoms with Crippen LogP contribution in [0.4, 0.5) is 0 Å². The van der Waals surface area contributed by atoms with E-state index in [0.29, 0.717) is 5.75 Å². The lowest BCUT2D eigenvalue weighted by atomic mass is 10.0. The Morgan fingerprint density at radius 1 is 1.17 bits per heavy atom. The summed E-state index contributed by atoms with van der Waals surface area (Å²) in [6.45, 7) is 6.82. The lowest BCUT2D eigenvalue weighted by Crippen LogP contribution is -2.24. The summed E-state index contributed by atoms with van der Waals surface area (Å²) in [5, 5.41) is 4.45. The first-order valence-corrected chi connectivity index (χ1v) is 10.3. The summed E-state index contributed by atoms with van der Waals surface area (Å²) in [6, 6.07) is 14.1. The van der Waals surface area contributed by atoms with E-state index in [9.17, 15) is 4.79 Å². The van der Waals surface area contributed by atoms with Crippen molar-refractivity contribution in [3.05, 3.63) is 59.3 Å². The zero-order valence-corrected chi connectivity index (χ0v) is 17.0. The Labute approximate surface area is 170 Å². The van der Waals surface area contributed by atoms with Crippen molar-refractivity contribution in [1.29, 1.82) is 0 Å². The zero-order valence-electron chi connectivity index (χ0n) is 17.0. The molecule has 3 aromatic rings. The number of Topliss-reactive ketones (excluding diaryl/α,β-unsaturated/α-hetero) is 1. The minimum atomic E-state index is -0.241. The maximum absolute atomic E-state index is 13.3. The number of nitrogens with zero attached hydrogens (tertiary/aromatic N) is 1. The van der Waals surface area contributed by atoms with Crippen LogP contribution in [0.1, 0.15) is 35.5 Å². The van der Waals surface area contributed by atoms with E-state index < -0.39 is 0 Å². The van der Waals surface area contributed by atoms with Gasteiger partial charge in [-0.25, -0.2) is 0 Å². The Morgan fingerprint density at radius 3 is 2.93 bits per heavy atom. The predicted molar refractivity (Wildman–Crippen MR) is 113 cm³/mol. The minimum absolute atomic E-state index is 0.00861. The number of ether oxygens (including phenoxy) is 2. The number of hydrogen-bond donors (Lipinski definition) is 1. The molecular weight excluding hydrogens is 364 g/mol. The molecule has 2 aliphatic heterocycles. The van der Waals surface area contributed by atoms with Crippen molar-refractivity contribution in [3.63, 3.8) is 0 Å². The molecule has 5 nitrogen and oxygen atoms in total. The SMILES string of the molecule is CC1(C)Cc2cccc(OCC(=O)c3c4n(c5ccccc35)CCNCC4)c2O1. The van der Waals surface area contributed by atoms with Gasteiger partial charge in [-0.3, -0.25) is 4.79 Å². The van der Waals surface area contributed by atoms with Gasteiger partial charge in [0.15, 0.2) is 18.1 Å². The second-order valence-electron chi connectivity index (χ2n) is 8.49. The van der Waals surface area contributed by atoms with Crippen LogP contribution in [0.15, 0.2) is 42.5 Å². The number of nitrogens with one attached hydrogen (secondary N) is 1. The zero-order chi connectivity index (χ0) is 20.0. The van der Waals surface area contributed by atoms with Crippen molar-refractivity contribution in [2.45, 2.75) is 38.8 Å². The largest absolute Gasteiger partial charge is 0.483 e. The summed E-state index contributed by atoms with van der Waals surface area (Å²) in [7, 11) is 0. The summed E-state index contributed by atoms with van der Waals surface area (Å²) in [5.74, 6) is 1.44.